The molecular formula is C17H18FN. The Kier molecular flexibility index (Phi) is 3.49. The lowest BCUT2D eigenvalue weighted by Crippen LogP contribution is -2.18. The van der Waals surface area contributed by atoms with E-state index < -0.39 is 0 Å². The zero-order valence-electron chi connectivity index (χ0n) is 10.9. The van der Waals surface area contributed by atoms with Gasteiger partial charge in [-0.05, 0) is 42.5 Å². The van der Waals surface area contributed by atoms with E-state index in [9.17, 15) is 4.39 Å². The molecule has 2 heteroatoms. The van der Waals surface area contributed by atoms with Crippen molar-refractivity contribution in [3.05, 3.63) is 65.5 Å². The monoisotopic (exact) mass is 255 g/mol. The van der Waals surface area contributed by atoms with Crippen molar-refractivity contribution in [2.45, 2.75) is 25.2 Å². The van der Waals surface area contributed by atoms with Crippen molar-refractivity contribution in [3.8, 4) is 0 Å². The number of halogens is 1. The number of fused-ring (bicyclic) bond motifs is 1. The number of anilines is 1. The maximum atomic E-state index is 13.6. The third-order valence-corrected chi connectivity index (χ3v) is 3.91. The summed E-state index contributed by atoms with van der Waals surface area (Å²) in [6, 6.07) is 15.5. The van der Waals surface area contributed by atoms with Crippen molar-refractivity contribution >= 4 is 5.69 Å². The second-order valence-corrected chi connectivity index (χ2v) is 5.15. The summed E-state index contributed by atoms with van der Waals surface area (Å²) in [4.78, 5) is 0. The first-order chi connectivity index (χ1) is 9.34. The largest absolute Gasteiger partial charge is 0.382 e. The van der Waals surface area contributed by atoms with Gasteiger partial charge in [0.25, 0.3) is 0 Å². The van der Waals surface area contributed by atoms with E-state index in [-0.39, 0.29) is 5.82 Å². The quantitative estimate of drug-likeness (QED) is 0.859. The van der Waals surface area contributed by atoms with E-state index in [0.717, 1.165) is 6.54 Å². The topological polar surface area (TPSA) is 12.0 Å². The fourth-order valence-electron chi connectivity index (χ4n) is 2.90. The van der Waals surface area contributed by atoms with Gasteiger partial charge in [-0.3, -0.25) is 0 Å². The Morgan fingerprint density at radius 2 is 1.84 bits per heavy atom. The summed E-state index contributed by atoms with van der Waals surface area (Å²) in [7, 11) is 0. The number of nitrogens with one attached hydrogen (secondary N) is 1. The molecule has 1 aliphatic carbocycles. The Bertz CT molecular complexity index is 565. The summed E-state index contributed by atoms with van der Waals surface area (Å²) in [5.74, 6) is 0.316. The van der Waals surface area contributed by atoms with Crippen molar-refractivity contribution in [1.29, 1.82) is 0 Å². The summed E-state index contributed by atoms with van der Waals surface area (Å²) in [5, 5.41) is 3.25. The minimum absolute atomic E-state index is 0.174. The molecule has 98 valence electrons. The molecule has 0 heterocycles. The third-order valence-electron chi connectivity index (χ3n) is 3.91. The molecule has 1 atom stereocenters. The normalized spacial score (nSPS) is 17.8. The van der Waals surface area contributed by atoms with Crippen molar-refractivity contribution < 1.29 is 4.39 Å². The summed E-state index contributed by atoms with van der Waals surface area (Å²) in [6.45, 7) is 0.804. The molecule has 1 aliphatic rings. The van der Waals surface area contributed by atoms with Gasteiger partial charge < -0.3 is 5.32 Å². The highest BCUT2D eigenvalue weighted by atomic mass is 19.1. The van der Waals surface area contributed by atoms with Gasteiger partial charge in [-0.1, -0.05) is 36.4 Å². The van der Waals surface area contributed by atoms with E-state index in [0.29, 0.717) is 11.6 Å². The van der Waals surface area contributed by atoms with Crippen LogP contribution >= 0.6 is 0 Å². The molecule has 1 unspecified atom stereocenters. The predicted molar refractivity (Wildman–Crippen MR) is 77.0 cm³/mol. The first-order valence-corrected chi connectivity index (χ1v) is 6.91. The Balaban J connectivity index is 1.73. The Morgan fingerprint density at radius 3 is 2.74 bits per heavy atom. The maximum absolute atomic E-state index is 13.6. The van der Waals surface area contributed by atoms with E-state index in [1.807, 2.05) is 6.07 Å². The predicted octanol–water partition coefficient (Wildman–Crippen LogP) is 4.36. The first kappa shape index (κ1) is 12.2. The number of benzene rings is 2. The lowest BCUT2D eigenvalue weighted by Gasteiger charge is -2.26. The molecule has 19 heavy (non-hydrogen) atoms. The molecule has 1 nitrogen and oxygen atoms in total. The van der Waals surface area contributed by atoms with Crippen molar-refractivity contribution in [2.24, 2.45) is 0 Å². The average molecular weight is 255 g/mol. The van der Waals surface area contributed by atoms with Gasteiger partial charge in [0.1, 0.15) is 5.82 Å². The maximum Gasteiger partial charge on any atom is 0.146 e. The molecule has 0 aliphatic heterocycles. The van der Waals surface area contributed by atoms with Crippen LogP contribution in [0, 0.1) is 5.82 Å². The second kappa shape index (κ2) is 5.43. The van der Waals surface area contributed by atoms with Crippen molar-refractivity contribution in [3.63, 3.8) is 0 Å². The summed E-state index contributed by atoms with van der Waals surface area (Å²) in [6.07, 6.45) is 3.57. The third kappa shape index (κ3) is 2.62. The SMILES string of the molecule is Fc1ccccc1NCC1CCCc2ccccc21. The fourth-order valence-corrected chi connectivity index (χ4v) is 2.90. The molecule has 3 rings (SSSR count). The van der Waals surface area contributed by atoms with Crippen molar-refractivity contribution in [1.82, 2.24) is 0 Å². The van der Waals surface area contributed by atoms with Crippen molar-refractivity contribution in [2.75, 3.05) is 11.9 Å². The van der Waals surface area contributed by atoms with Crippen LogP contribution < -0.4 is 5.32 Å². The van der Waals surface area contributed by atoms with Crippen LogP contribution in [0.15, 0.2) is 48.5 Å². The number of rotatable bonds is 3. The lowest BCUT2D eigenvalue weighted by molar-refractivity contribution is 0.568. The summed E-state index contributed by atoms with van der Waals surface area (Å²) in [5.41, 5.74) is 3.48. The highest BCUT2D eigenvalue weighted by Gasteiger charge is 2.19. The first-order valence-electron chi connectivity index (χ1n) is 6.91. The Labute approximate surface area is 113 Å². The molecule has 2 aromatic carbocycles. The van der Waals surface area contributed by atoms with E-state index >= 15 is 0 Å². The number of aryl methyl sites for hydroxylation is 1. The summed E-state index contributed by atoms with van der Waals surface area (Å²) >= 11 is 0. The number of hydrogen-bond acceptors (Lipinski definition) is 1. The highest BCUT2D eigenvalue weighted by Crippen LogP contribution is 2.31. The van der Waals surface area contributed by atoms with E-state index in [1.54, 1.807) is 12.1 Å². The highest BCUT2D eigenvalue weighted by molar-refractivity contribution is 5.45. The zero-order valence-corrected chi connectivity index (χ0v) is 10.9. The molecule has 0 amide bonds. The van der Waals surface area contributed by atoms with Crippen LogP contribution in [0.2, 0.25) is 0 Å². The molecule has 2 aromatic rings. The summed E-state index contributed by atoms with van der Waals surface area (Å²) < 4.78 is 13.6. The van der Waals surface area contributed by atoms with Gasteiger partial charge in [-0.15, -0.1) is 0 Å². The molecule has 1 N–H and O–H groups in total. The van der Waals surface area contributed by atoms with E-state index in [4.69, 9.17) is 0 Å². The average Bonchev–Trinajstić information content (AvgIpc) is 2.46. The Hall–Kier alpha value is -1.83. The molecule has 0 saturated carbocycles. The van der Waals surface area contributed by atoms with Crippen LogP contribution in [-0.2, 0) is 6.42 Å². The number of hydrogen-bond donors (Lipinski definition) is 1. The van der Waals surface area contributed by atoms with Crippen LogP contribution in [0.3, 0.4) is 0 Å². The zero-order chi connectivity index (χ0) is 13.1. The van der Waals surface area contributed by atoms with Gasteiger partial charge in [0, 0.05) is 12.5 Å². The Morgan fingerprint density at radius 1 is 1.05 bits per heavy atom. The molecular weight excluding hydrogens is 237 g/mol. The smallest absolute Gasteiger partial charge is 0.146 e. The molecule has 0 aromatic heterocycles. The molecule has 0 radical (unpaired) electrons. The number of para-hydroxylation sites is 1. The van der Waals surface area contributed by atoms with Crippen LogP contribution in [0.1, 0.15) is 29.9 Å². The second-order valence-electron chi connectivity index (χ2n) is 5.15. The fraction of sp³-hybridized carbons (Fsp3) is 0.294. The molecule has 0 fully saturated rings. The lowest BCUT2D eigenvalue weighted by atomic mass is 9.83. The minimum Gasteiger partial charge on any atom is -0.382 e. The van der Waals surface area contributed by atoms with Crippen LogP contribution in [0.4, 0.5) is 10.1 Å². The van der Waals surface area contributed by atoms with E-state index in [1.165, 1.54) is 36.5 Å². The van der Waals surface area contributed by atoms with Gasteiger partial charge in [0.15, 0.2) is 0 Å². The standard InChI is InChI=1S/C17H18FN/c18-16-10-3-4-11-17(16)19-12-14-8-5-7-13-6-1-2-9-15(13)14/h1-4,6,9-11,14,19H,5,7-8,12H2. The van der Waals surface area contributed by atoms with Gasteiger partial charge in [-0.25, -0.2) is 4.39 Å². The molecule has 0 saturated heterocycles. The van der Waals surface area contributed by atoms with Gasteiger partial charge in [0.05, 0.1) is 5.69 Å². The molecule has 0 spiro atoms. The van der Waals surface area contributed by atoms with E-state index in [2.05, 4.69) is 29.6 Å². The van der Waals surface area contributed by atoms with Crippen LogP contribution in [-0.4, -0.2) is 6.54 Å². The van der Waals surface area contributed by atoms with Crippen LogP contribution in [0.5, 0.6) is 0 Å². The van der Waals surface area contributed by atoms with Crippen LogP contribution in [0.25, 0.3) is 0 Å². The van der Waals surface area contributed by atoms with Gasteiger partial charge in [-0.2, -0.15) is 0 Å². The van der Waals surface area contributed by atoms with Gasteiger partial charge in [0.2, 0.25) is 0 Å². The molecule has 0 bridgehead atoms. The van der Waals surface area contributed by atoms with Gasteiger partial charge >= 0.3 is 0 Å². The minimum atomic E-state index is -0.174.